The number of phenols is 1. The van der Waals surface area contributed by atoms with Gasteiger partial charge in [-0.25, -0.2) is 13.6 Å². The van der Waals surface area contributed by atoms with Crippen LogP contribution in [0, 0.1) is 17.5 Å². The molecule has 0 atom stereocenters. The number of carboxylic acid groups (broad SMARTS) is 1. The second-order valence-electron chi connectivity index (χ2n) is 3.76. The minimum Gasteiger partial charge on any atom is -0.507 e. The highest BCUT2D eigenvalue weighted by atomic mass is 19.2. The fourth-order valence-electron chi connectivity index (χ4n) is 1.46. The highest BCUT2D eigenvalue weighted by Crippen LogP contribution is 2.30. The number of benzene rings is 2. The number of rotatable bonds is 3. The lowest BCUT2D eigenvalue weighted by Gasteiger charge is -2.09. The molecule has 0 saturated heterocycles. The first-order valence-electron chi connectivity index (χ1n) is 5.28. The molecule has 0 saturated carbocycles. The maximum absolute atomic E-state index is 13.4. The second kappa shape index (κ2) is 5.12. The van der Waals surface area contributed by atoms with Crippen molar-refractivity contribution in [2.75, 3.05) is 0 Å². The summed E-state index contributed by atoms with van der Waals surface area (Å²) in [6, 6.07) is 4.64. The van der Waals surface area contributed by atoms with Crippen LogP contribution in [0.4, 0.5) is 13.2 Å². The Labute approximate surface area is 110 Å². The van der Waals surface area contributed by atoms with E-state index in [1.807, 2.05) is 0 Å². The van der Waals surface area contributed by atoms with Crippen molar-refractivity contribution in [1.29, 1.82) is 0 Å². The van der Waals surface area contributed by atoms with Crippen LogP contribution in [0.15, 0.2) is 30.3 Å². The Morgan fingerprint density at radius 1 is 1.05 bits per heavy atom. The lowest BCUT2D eigenvalue weighted by Crippen LogP contribution is -1.99. The summed E-state index contributed by atoms with van der Waals surface area (Å²) in [7, 11) is 0. The zero-order valence-electron chi connectivity index (χ0n) is 9.73. The van der Waals surface area contributed by atoms with Gasteiger partial charge < -0.3 is 14.9 Å². The van der Waals surface area contributed by atoms with Crippen LogP contribution >= 0.6 is 0 Å². The molecule has 0 aliphatic carbocycles. The van der Waals surface area contributed by atoms with Crippen LogP contribution in [0.3, 0.4) is 0 Å². The number of hydrogen-bond acceptors (Lipinski definition) is 3. The number of aromatic carboxylic acids is 1. The summed E-state index contributed by atoms with van der Waals surface area (Å²) >= 11 is 0. The van der Waals surface area contributed by atoms with Crippen LogP contribution in [0.1, 0.15) is 10.4 Å². The summed E-state index contributed by atoms with van der Waals surface area (Å²) < 4.78 is 44.1. The highest BCUT2D eigenvalue weighted by Gasteiger charge is 2.16. The molecular weight excluding hydrogens is 277 g/mol. The van der Waals surface area contributed by atoms with Crippen LogP contribution in [0.25, 0.3) is 0 Å². The van der Waals surface area contributed by atoms with E-state index in [0.717, 1.165) is 24.3 Å². The third kappa shape index (κ3) is 2.51. The number of halogens is 3. The van der Waals surface area contributed by atoms with Gasteiger partial charge in [0, 0.05) is 0 Å². The predicted octanol–water partition coefficient (Wildman–Crippen LogP) is 3.30. The second-order valence-corrected chi connectivity index (χ2v) is 3.76. The van der Waals surface area contributed by atoms with E-state index in [9.17, 15) is 23.1 Å². The van der Waals surface area contributed by atoms with Crippen LogP contribution in [-0.2, 0) is 0 Å². The SMILES string of the molecule is O=C(O)c1cc(Oc2ccc(F)c(F)c2F)ccc1O. The van der Waals surface area contributed by atoms with Gasteiger partial charge in [-0.3, -0.25) is 0 Å². The van der Waals surface area contributed by atoms with E-state index in [1.165, 1.54) is 0 Å². The molecule has 7 heteroatoms. The monoisotopic (exact) mass is 284 g/mol. The maximum Gasteiger partial charge on any atom is 0.339 e. The Kier molecular flexibility index (Phi) is 3.51. The quantitative estimate of drug-likeness (QED) is 0.849. The van der Waals surface area contributed by atoms with E-state index >= 15 is 0 Å². The number of hydrogen-bond donors (Lipinski definition) is 2. The molecule has 0 amide bonds. The average molecular weight is 284 g/mol. The Morgan fingerprint density at radius 3 is 2.40 bits per heavy atom. The molecule has 0 radical (unpaired) electrons. The van der Waals surface area contributed by atoms with E-state index in [1.54, 1.807) is 0 Å². The zero-order chi connectivity index (χ0) is 14.9. The van der Waals surface area contributed by atoms with E-state index in [2.05, 4.69) is 0 Å². The predicted molar refractivity (Wildman–Crippen MR) is 61.5 cm³/mol. The van der Waals surface area contributed by atoms with Crippen LogP contribution in [0.2, 0.25) is 0 Å². The molecule has 0 fully saturated rings. The van der Waals surface area contributed by atoms with E-state index in [0.29, 0.717) is 6.07 Å². The van der Waals surface area contributed by atoms with Crippen molar-refractivity contribution in [1.82, 2.24) is 0 Å². The first kappa shape index (κ1) is 13.7. The molecule has 0 spiro atoms. The standard InChI is InChI=1S/C13H7F3O4/c14-8-2-4-10(12(16)11(8)15)20-6-1-3-9(17)7(5-6)13(18)19/h1-5,17H,(H,18,19). The number of carboxylic acids is 1. The molecule has 0 aliphatic rings. The van der Waals surface area contributed by atoms with Crippen LogP contribution < -0.4 is 4.74 Å². The first-order chi connectivity index (χ1) is 9.40. The molecule has 104 valence electrons. The fourth-order valence-corrected chi connectivity index (χ4v) is 1.46. The molecule has 2 N–H and O–H groups in total. The highest BCUT2D eigenvalue weighted by molar-refractivity contribution is 5.91. The third-order valence-electron chi connectivity index (χ3n) is 2.43. The van der Waals surface area contributed by atoms with Gasteiger partial charge in [-0.2, -0.15) is 4.39 Å². The Morgan fingerprint density at radius 2 is 1.75 bits per heavy atom. The minimum absolute atomic E-state index is 0.148. The molecule has 20 heavy (non-hydrogen) atoms. The molecule has 2 rings (SSSR count). The van der Waals surface area contributed by atoms with Gasteiger partial charge in [-0.05, 0) is 30.3 Å². The molecule has 0 unspecified atom stereocenters. The summed E-state index contributed by atoms with van der Waals surface area (Å²) in [5, 5.41) is 18.1. The Hall–Kier alpha value is -2.70. The Bertz CT molecular complexity index is 686. The maximum atomic E-state index is 13.4. The number of carbonyl (C=O) groups is 1. The molecule has 0 bridgehead atoms. The molecule has 0 aromatic heterocycles. The Balaban J connectivity index is 2.38. The normalized spacial score (nSPS) is 10.3. The summed E-state index contributed by atoms with van der Waals surface area (Å²) in [5.41, 5.74) is -0.467. The molecule has 4 nitrogen and oxygen atoms in total. The zero-order valence-corrected chi connectivity index (χ0v) is 9.73. The van der Waals surface area contributed by atoms with Crippen molar-refractivity contribution >= 4 is 5.97 Å². The summed E-state index contributed by atoms with van der Waals surface area (Å²) in [6.45, 7) is 0. The minimum atomic E-state index is -1.69. The lowest BCUT2D eigenvalue weighted by molar-refractivity contribution is 0.0693. The van der Waals surface area contributed by atoms with Gasteiger partial charge in [0.15, 0.2) is 17.4 Å². The van der Waals surface area contributed by atoms with Crippen molar-refractivity contribution in [3.8, 4) is 17.2 Å². The van der Waals surface area contributed by atoms with Gasteiger partial charge in [0.25, 0.3) is 0 Å². The van der Waals surface area contributed by atoms with Crippen molar-refractivity contribution in [3.63, 3.8) is 0 Å². The van der Waals surface area contributed by atoms with Crippen molar-refractivity contribution < 1.29 is 32.9 Å². The molecular formula is C13H7F3O4. The van der Waals surface area contributed by atoms with Gasteiger partial charge in [0.05, 0.1) is 0 Å². The number of ether oxygens (including phenoxy) is 1. The van der Waals surface area contributed by atoms with Gasteiger partial charge >= 0.3 is 5.97 Å². The summed E-state index contributed by atoms with van der Waals surface area (Å²) in [6.07, 6.45) is 0. The van der Waals surface area contributed by atoms with Crippen molar-refractivity contribution in [3.05, 3.63) is 53.3 Å². The first-order valence-corrected chi connectivity index (χ1v) is 5.28. The number of aromatic hydroxyl groups is 1. The lowest BCUT2D eigenvalue weighted by atomic mass is 10.2. The van der Waals surface area contributed by atoms with Crippen LogP contribution in [0.5, 0.6) is 17.2 Å². The molecule has 2 aromatic rings. The fraction of sp³-hybridized carbons (Fsp3) is 0. The van der Waals surface area contributed by atoms with Gasteiger partial charge in [0.1, 0.15) is 17.1 Å². The molecule has 0 heterocycles. The smallest absolute Gasteiger partial charge is 0.339 e. The molecule has 2 aromatic carbocycles. The summed E-state index contributed by atoms with van der Waals surface area (Å²) in [5.74, 6) is -7.27. The van der Waals surface area contributed by atoms with Gasteiger partial charge in [-0.1, -0.05) is 0 Å². The summed E-state index contributed by atoms with van der Waals surface area (Å²) in [4.78, 5) is 10.8. The van der Waals surface area contributed by atoms with Gasteiger partial charge in [-0.15, -0.1) is 0 Å². The van der Waals surface area contributed by atoms with E-state index < -0.39 is 40.5 Å². The van der Waals surface area contributed by atoms with Crippen molar-refractivity contribution in [2.24, 2.45) is 0 Å². The topological polar surface area (TPSA) is 66.8 Å². The van der Waals surface area contributed by atoms with Crippen LogP contribution in [-0.4, -0.2) is 16.2 Å². The van der Waals surface area contributed by atoms with E-state index in [4.69, 9.17) is 9.84 Å². The van der Waals surface area contributed by atoms with E-state index in [-0.39, 0.29) is 5.75 Å². The van der Waals surface area contributed by atoms with Gasteiger partial charge in [0.2, 0.25) is 5.82 Å². The third-order valence-corrected chi connectivity index (χ3v) is 2.43. The largest absolute Gasteiger partial charge is 0.507 e. The molecule has 0 aliphatic heterocycles. The average Bonchev–Trinajstić information content (AvgIpc) is 2.41. The van der Waals surface area contributed by atoms with Crippen molar-refractivity contribution in [2.45, 2.75) is 0 Å².